The van der Waals surface area contributed by atoms with E-state index in [9.17, 15) is 4.79 Å². The fourth-order valence-corrected chi connectivity index (χ4v) is 2.35. The van der Waals surface area contributed by atoms with Crippen molar-refractivity contribution in [1.29, 1.82) is 0 Å². The molecule has 0 aliphatic heterocycles. The maximum Gasteiger partial charge on any atom is 0.247 e. The van der Waals surface area contributed by atoms with Crippen LogP contribution in [0.3, 0.4) is 0 Å². The molecule has 1 amide bonds. The molecule has 0 atom stereocenters. The highest BCUT2D eigenvalue weighted by atomic mass is 16.5. The number of nitrogens with two attached hydrogens (primary N) is 1. The van der Waals surface area contributed by atoms with Gasteiger partial charge in [-0.2, -0.15) is 0 Å². The molecule has 0 radical (unpaired) electrons. The number of nitrogens with one attached hydrogen (secondary N) is 1. The number of rotatable bonds is 6. The van der Waals surface area contributed by atoms with E-state index in [0.717, 1.165) is 11.1 Å². The van der Waals surface area contributed by atoms with Gasteiger partial charge in [-0.1, -0.05) is 24.8 Å². The molecule has 0 saturated heterocycles. The second-order valence-corrected chi connectivity index (χ2v) is 5.47. The van der Waals surface area contributed by atoms with Gasteiger partial charge in [-0.15, -0.1) is 0 Å². The number of benzene rings is 2. The predicted octanol–water partition coefficient (Wildman–Crippen LogP) is 3.86. The molecule has 0 spiro atoms. The largest absolute Gasteiger partial charge is 0.492 e. The van der Waals surface area contributed by atoms with E-state index in [2.05, 4.69) is 11.9 Å². The third kappa shape index (κ3) is 3.68. The highest BCUT2D eigenvalue weighted by molar-refractivity contribution is 6.01. The normalized spacial score (nSPS) is 10.3. The Morgan fingerprint density at radius 1 is 1.17 bits per heavy atom. The van der Waals surface area contributed by atoms with Crippen LogP contribution in [0.2, 0.25) is 0 Å². The first-order valence-corrected chi connectivity index (χ1v) is 7.63. The Hall–Kier alpha value is -2.95. The number of hydrogen-bond acceptors (Lipinski definition) is 4. The number of para-hydroxylation sites is 1. The summed E-state index contributed by atoms with van der Waals surface area (Å²) in [6, 6.07) is 11.1. The lowest BCUT2D eigenvalue weighted by molar-refractivity contribution is -0.111. The van der Waals surface area contributed by atoms with Crippen LogP contribution in [0.15, 0.2) is 49.1 Å². The van der Waals surface area contributed by atoms with Crippen molar-refractivity contribution >= 4 is 17.3 Å². The average Bonchev–Trinajstić information content (AvgIpc) is 2.56. The summed E-state index contributed by atoms with van der Waals surface area (Å²) >= 11 is 0. The van der Waals surface area contributed by atoms with E-state index < -0.39 is 0 Å². The minimum Gasteiger partial charge on any atom is -0.492 e. The van der Waals surface area contributed by atoms with Crippen molar-refractivity contribution in [3.63, 3.8) is 0 Å². The number of hydrogen-bond donors (Lipinski definition) is 2. The molecule has 24 heavy (non-hydrogen) atoms. The van der Waals surface area contributed by atoms with Crippen LogP contribution < -0.4 is 20.5 Å². The molecule has 0 unspecified atom stereocenters. The maximum absolute atomic E-state index is 11.7. The standard InChI is InChI=1S/C19H22N2O3/c1-5-17(22)21-16-11-10-14(13-8-6-7-9-15(13)20)18(23-4)19(16)24-12(2)3/h5-12H,1,20H2,2-4H3,(H,21,22). The molecule has 5 nitrogen and oxygen atoms in total. The molecule has 0 aromatic heterocycles. The van der Waals surface area contributed by atoms with Crippen molar-refractivity contribution in [2.45, 2.75) is 20.0 Å². The van der Waals surface area contributed by atoms with Gasteiger partial charge in [0.25, 0.3) is 0 Å². The molecule has 0 fully saturated rings. The molecule has 3 N–H and O–H groups in total. The molecule has 0 saturated carbocycles. The Bertz CT molecular complexity index is 754. The van der Waals surface area contributed by atoms with Crippen molar-refractivity contribution in [2.24, 2.45) is 0 Å². The smallest absolute Gasteiger partial charge is 0.247 e. The molecule has 0 aliphatic rings. The number of ether oxygens (including phenoxy) is 2. The van der Waals surface area contributed by atoms with Crippen LogP contribution in [0.4, 0.5) is 11.4 Å². The highest BCUT2D eigenvalue weighted by Gasteiger charge is 2.20. The number of anilines is 2. The molecular formula is C19H22N2O3. The number of nitrogen functional groups attached to an aromatic ring is 1. The third-order valence-corrected chi connectivity index (χ3v) is 3.36. The van der Waals surface area contributed by atoms with Gasteiger partial charge in [0.2, 0.25) is 5.91 Å². The molecule has 5 heteroatoms. The summed E-state index contributed by atoms with van der Waals surface area (Å²) in [5.41, 5.74) is 8.87. The van der Waals surface area contributed by atoms with Crippen LogP contribution in [-0.4, -0.2) is 19.1 Å². The lowest BCUT2D eigenvalue weighted by Crippen LogP contribution is -2.13. The zero-order valence-electron chi connectivity index (χ0n) is 14.1. The summed E-state index contributed by atoms with van der Waals surface area (Å²) in [6.45, 7) is 7.28. The summed E-state index contributed by atoms with van der Waals surface area (Å²) < 4.78 is 11.5. The number of carbonyl (C=O) groups is 1. The van der Waals surface area contributed by atoms with E-state index in [1.165, 1.54) is 6.08 Å². The zero-order chi connectivity index (χ0) is 17.7. The van der Waals surface area contributed by atoms with Crippen molar-refractivity contribution < 1.29 is 14.3 Å². The fraction of sp³-hybridized carbons (Fsp3) is 0.211. The van der Waals surface area contributed by atoms with Gasteiger partial charge in [-0.25, -0.2) is 0 Å². The molecule has 0 bridgehead atoms. The Labute approximate surface area is 142 Å². The predicted molar refractivity (Wildman–Crippen MR) is 97.4 cm³/mol. The van der Waals surface area contributed by atoms with E-state index in [0.29, 0.717) is 22.9 Å². The van der Waals surface area contributed by atoms with Crippen LogP contribution in [-0.2, 0) is 4.79 Å². The second-order valence-electron chi connectivity index (χ2n) is 5.47. The monoisotopic (exact) mass is 326 g/mol. The van der Waals surface area contributed by atoms with Crippen molar-refractivity contribution in [1.82, 2.24) is 0 Å². The molecule has 0 aliphatic carbocycles. The van der Waals surface area contributed by atoms with E-state index in [-0.39, 0.29) is 12.0 Å². The SMILES string of the molecule is C=CC(=O)Nc1ccc(-c2ccccc2N)c(OC)c1OC(C)C. The molecule has 126 valence electrons. The highest BCUT2D eigenvalue weighted by Crippen LogP contribution is 2.45. The topological polar surface area (TPSA) is 73.6 Å². The number of carbonyl (C=O) groups excluding carboxylic acids is 1. The van der Waals surface area contributed by atoms with Gasteiger partial charge in [-0.3, -0.25) is 4.79 Å². The quantitative estimate of drug-likeness (QED) is 0.624. The Kier molecular flexibility index (Phi) is 5.47. The van der Waals surface area contributed by atoms with Crippen molar-refractivity contribution in [3.05, 3.63) is 49.1 Å². The average molecular weight is 326 g/mol. The Morgan fingerprint density at radius 2 is 1.88 bits per heavy atom. The van der Waals surface area contributed by atoms with Crippen molar-refractivity contribution in [3.8, 4) is 22.6 Å². The van der Waals surface area contributed by atoms with Crippen LogP contribution in [0.25, 0.3) is 11.1 Å². The summed E-state index contributed by atoms with van der Waals surface area (Å²) in [5, 5.41) is 2.74. The van der Waals surface area contributed by atoms with E-state index in [1.54, 1.807) is 13.2 Å². The maximum atomic E-state index is 11.7. The first-order valence-electron chi connectivity index (χ1n) is 7.63. The first-order chi connectivity index (χ1) is 11.5. The van der Waals surface area contributed by atoms with Gasteiger partial charge in [0.15, 0.2) is 11.5 Å². The second kappa shape index (κ2) is 7.55. The van der Waals surface area contributed by atoms with E-state index >= 15 is 0 Å². The van der Waals surface area contributed by atoms with Crippen LogP contribution in [0.1, 0.15) is 13.8 Å². The summed E-state index contributed by atoms with van der Waals surface area (Å²) in [7, 11) is 1.56. The van der Waals surface area contributed by atoms with E-state index in [4.69, 9.17) is 15.2 Å². The van der Waals surface area contributed by atoms with E-state index in [1.807, 2.05) is 44.2 Å². The minimum atomic E-state index is -0.322. The zero-order valence-corrected chi connectivity index (χ0v) is 14.1. The van der Waals surface area contributed by atoms with Crippen LogP contribution in [0, 0.1) is 0 Å². The Balaban J connectivity index is 2.64. The van der Waals surface area contributed by atoms with Crippen LogP contribution >= 0.6 is 0 Å². The summed E-state index contributed by atoms with van der Waals surface area (Å²) in [4.78, 5) is 11.7. The van der Waals surface area contributed by atoms with Gasteiger partial charge in [-0.05, 0) is 38.1 Å². The lowest BCUT2D eigenvalue weighted by atomic mass is 10.0. The number of amides is 1. The summed E-state index contributed by atoms with van der Waals surface area (Å²) in [5.74, 6) is 0.657. The molecule has 0 heterocycles. The van der Waals surface area contributed by atoms with Gasteiger partial charge >= 0.3 is 0 Å². The first kappa shape index (κ1) is 17.4. The molecule has 2 aromatic carbocycles. The third-order valence-electron chi connectivity index (χ3n) is 3.36. The minimum absolute atomic E-state index is 0.0957. The van der Waals surface area contributed by atoms with Gasteiger partial charge in [0.1, 0.15) is 0 Å². The summed E-state index contributed by atoms with van der Waals surface area (Å²) in [6.07, 6.45) is 1.11. The van der Waals surface area contributed by atoms with Gasteiger partial charge < -0.3 is 20.5 Å². The Morgan fingerprint density at radius 3 is 2.46 bits per heavy atom. The number of methoxy groups -OCH3 is 1. The van der Waals surface area contributed by atoms with Gasteiger partial charge in [0, 0.05) is 16.8 Å². The fourth-order valence-electron chi connectivity index (χ4n) is 2.35. The lowest BCUT2D eigenvalue weighted by Gasteiger charge is -2.20. The molecule has 2 aromatic rings. The van der Waals surface area contributed by atoms with Crippen molar-refractivity contribution in [2.75, 3.05) is 18.2 Å². The molecular weight excluding hydrogens is 304 g/mol. The van der Waals surface area contributed by atoms with Crippen LogP contribution in [0.5, 0.6) is 11.5 Å². The van der Waals surface area contributed by atoms with Gasteiger partial charge in [0.05, 0.1) is 18.9 Å². The molecule has 2 rings (SSSR count).